The average Bonchev–Trinajstić information content (AvgIpc) is 2.67. The van der Waals surface area contributed by atoms with Crippen molar-refractivity contribution in [3.05, 3.63) is 29.3 Å². The van der Waals surface area contributed by atoms with Crippen LogP contribution in [0.5, 0.6) is 5.75 Å². The van der Waals surface area contributed by atoms with E-state index in [1.165, 1.54) is 0 Å². The Morgan fingerprint density at radius 3 is 2.71 bits per heavy atom. The van der Waals surface area contributed by atoms with Gasteiger partial charge in [0, 0.05) is 6.42 Å². The lowest BCUT2D eigenvalue weighted by molar-refractivity contribution is -0.125. The number of hydrogen-bond donors (Lipinski definition) is 1. The molecule has 1 saturated heterocycles. The summed E-state index contributed by atoms with van der Waals surface area (Å²) in [6.07, 6.45) is 1.08. The van der Waals surface area contributed by atoms with Crippen LogP contribution in [0.2, 0.25) is 0 Å². The van der Waals surface area contributed by atoms with Gasteiger partial charge in [-0.15, -0.1) is 0 Å². The Morgan fingerprint density at radius 2 is 2.18 bits per heavy atom. The van der Waals surface area contributed by atoms with Gasteiger partial charge in [-0.3, -0.25) is 14.9 Å². The molecule has 2 amide bonds. The van der Waals surface area contributed by atoms with Crippen molar-refractivity contribution in [3.8, 4) is 5.75 Å². The van der Waals surface area contributed by atoms with Crippen molar-refractivity contribution in [2.75, 3.05) is 7.11 Å². The molecule has 1 atom stereocenters. The molecule has 1 aliphatic heterocycles. The molecule has 4 nitrogen and oxygen atoms in total. The Morgan fingerprint density at radius 1 is 1.41 bits per heavy atom. The van der Waals surface area contributed by atoms with Crippen LogP contribution in [0.1, 0.15) is 30.4 Å². The fourth-order valence-corrected chi connectivity index (χ4v) is 2.11. The Hall–Kier alpha value is -1.84. The van der Waals surface area contributed by atoms with Crippen LogP contribution in [0, 0.1) is 0 Å². The number of benzene rings is 1. The zero-order valence-electron chi connectivity index (χ0n) is 9.95. The molecule has 1 N–H and O–H groups in total. The van der Waals surface area contributed by atoms with Gasteiger partial charge in [-0.1, -0.05) is 19.1 Å². The summed E-state index contributed by atoms with van der Waals surface area (Å²) in [5.41, 5.74) is 1.93. The quantitative estimate of drug-likeness (QED) is 0.803. The molecule has 1 fully saturated rings. The van der Waals surface area contributed by atoms with Crippen molar-refractivity contribution in [1.29, 1.82) is 0 Å². The average molecular weight is 233 g/mol. The number of carbonyl (C=O) groups is 2. The predicted octanol–water partition coefficient (Wildman–Crippen LogP) is 1.39. The van der Waals surface area contributed by atoms with Crippen LogP contribution in [0.15, 0.2) is 18.2 Å². The van der Waals surface area contributed by atoms with Gasteiger partial charge >= 0.3 is 0 Å². The first-order chi connectivity index (χ1) is 8.15. The van der Waals surface area contributed by atoms with Crippen LogP contribution in [0.25, 0.3) is 0 Å². The highest BCUT2D eigenvalue weighted by molar-refractivity contribution is 6.06. The second kappa shape index (κ2) is 4.57. The van der Waals surface area contributed by atoms with Gasteiger partial charge in [0.05, 0.1) is 13.0 Å². The summed E-state index contributed by atoms with van der Waals surface area (Å²) in [4.78, 5) is 22.7. The van der Waals surface area contributed by atoms with Crippen molar-refractivity contribution >= 4 is 11.8 Å². The highest BCUT2D eigenvalue weighted by Crippen LogP contribution is 2.29. The molecule has 1 aromatic rings. The number of ether oxygens (including phenoxy) is 1. The molecule has 0 aliphatic carbocycles. The molecule has 0 bridgehead atoms. The second-order valence-electron chi connectivity index (χ2n) is 4.09. The summed E-state index contributed by atoms with van der Waals surface area (Å²) in [5.74, 6) is 0.0655. The number of imide groups is 1. The van der Waals surface area contributed by atoms with Crippen molar-refractivity contribution in [2.24, 2.45) is 0 Å². The van der Waals surface area contributed by atoms with E-state index in [-0.39, 0.29) is 24.2 Å². The maximum absolute atomic E-state index is 11.6. The van der Waals surface area contributed by atoms with Gasteiger partial charge in [0.15, 0.2) is 0 Å². The topological polar surface area (TPSA) is 55.4 Å². The van der Waals surface area contributed by atoms with E-state index >= 15 is 0 Å². The van der Waals surface area contributed by atoms with E-state index in [4.69, 9.17) is 4.74 Å². The van der Waals surface area contributed by atoms with Crippen LogP contribution in [0.4, 0.5) is 0 Å². The number of amides is 2. The summed E-state index contributed by atoms with van der Waals surface area (Å²) in [6.45, 7) is 2.03. The molecule has 1 unspecified atom stereocenters. The Labute approximate surface area is 100.0 Å². The maximum Gasteiger partial charge on any atom is 0.234 e. The minimum atomic E-state index is -0.348. The molecule has 1 aliphatic rings. The largest absolute Gasteiger partial charge is 0.496 e. The first-order valence-electron chi connectivity index (χ1n) is 5.66. The minimum Gasteiger partial charge on any atom is -0.496 e. The van der Waals surface area contributed by atoms with Gasteiger partial charge < -0.3 is 4.74 Å². The highest BCUT2D eigenvalue weighted by atomic mass is 16.5. The molecule has 1 aromatic carbocycles. The molecule has 90 valence electrons. The molecule has 1 heterocycles. The molecule has 4 heteroatoms. The van der Waals surface area contributed by atoms with Crippen LogP contribution < -0.4 is 10.1 Å². The molecular formula is C13H15NO3. The number of hydrogen-bond acceptors (Lipinski definition) is 3. The summed E-state index contributed by atoms with van der Waals surface area (Å²) >= 11 is 0. The second-order valence-corrected chi connectivity index (χ2v) is 4.09. The Bertz CT molecular complexity index is 468. The molecule has 17 heavy (non-hydrogen) atoms. The number of methoxy groups -OCH3 is 1. The predicted molar refractivity (Wildman–Crippen MR) is 62.9 cm³/mol. The van der Waals surface area contributed by atoms with E-state index in [9.17, 15) is 9.59 Å². The van der Waals surface area contributed by atoms with E-state index in [0.717, 1.165) is 23.3 Å². The fourth-order valence-electron chi connectivity index (χ4n) is 2.11. The fraction of sp³-hybridized carbons (Fsp3) is 0.385. The molecule has 0 spiro atoms. The third-order valence-corrected chi connectivity index (χ3v) is 3.06. The van der Waals surface area contributed by atoms with Crippen molar-refractivity contribution in [1.82, 2.24) is 5.32 Å². The van der Waals surface area contributed by atoms with Crippen molar-refractivity contribution in [2.45, 2.75) is 25.7 Å². The van der Waals surface area contributed by atoms with Gasteiger partial charge in [0.2, 0.25) is 11.8 Å². The van der Waals surface area contributed by atoms with Crippen LogP contribution in [0.3, 0.4) is 0 Å². The number of nitrogens with one attached hydrogen (secondary N) is 1. The van der Waals surface area contributed by atoms with E-state index in [1.807, 2.05) is 25.1 Å². The monoisotopic (exact) mass is 233 g/mol. The van der Waals surface area contributed by atoms with E-state index < -0.39 is 0 Å². The maximum atomic E-state index is 11.6. The molecule has 0 radical (unpaired) electrons. The standard InChI is InChI=1S/C13H15NO3/c1-3-8-6-9(4-5-11(8)17-2)10-7-12(15)14-13(10)16/h4-6,10H,3,7H2,1-2H3,(H,14,15,16). The SMILES string of the molecule is CCc1cc(C2CC(=O)NC2=O)ccc1OC. The van der Waals surface area contributed by atoms with Crippen LogP contribution in [-0.4, -0.2) is 18.9 Å². The van der Waals surface area contributed by atoms with E-state index in [2.05, 4.69) is 5.32 Å². The van der Waals surface area contributed by atoms with Gasteiger partial charge in [-0.25, -0.2) is 0 Å². The number of carbonyl (C=O) groups excluding carboxylic acids is 2. The normalized spacial score (nSPS) is 19.3. The number of aryl methyl sites for hydroxylation is 1. The zero-order valence-corrected chi connectivity index (χ0v) is 9.95. The van der Waals surface area contributed by atoms with Gasteiger partial charge in [0.1, 0.15) is 5.75 Å². The number of rotatable bonds is 3. The summed E-state index contributed by atoms with van der Waals surface area (Å²) in [6, 6.07) is 5.65. The molecule has 0 aromatic heterocycles. The molecular weight excluding hydrogens is 218 g/mol. The van der Waals surface area contributed by atoms with Crippen molar-refractivity contribution < 1.29 is 14.3 Å². The Kier molecular flexibility index (Phi) is 3.13. The summed E-state index contributed by atoms with van der Waals surface area (Å²) in [5, 5.41) is 2.32. The van der Waals surface area contributed by atoms with E-state index in [0.29, 0.717) is 0 Å². The lowest BCUT2D eigenvalue weighted by Crippen LogP contribution is -2.21. The minimum absolute atomic E-state index is 0.200. The van der Waals surface area contributed by atoms with Crippen molar-refractivity contribution in [3.63, 3.8) is 0 Å². The van der Waals surface area contributed by atoms with Crippen LogP contribution in [-0.2, 0) is 16.0 Å². The molecule has 0 saturated carbocycles. The zero-order chi connectivity index (χ0) is 12.4. The third kappa shape index (κ3) is 2.16. The smallest absolute Gasteiger partial charge is 0.234 e. The van der Waals surface area contributed by atoms with E-state index in [1.54, 1.807) is 7.11 Å². The van der Waals surface area contributed by atoms with Crippen LogP contribution >= 0.6 is 0 Å². The summed E-state index contributed by atoms with van der Waals surface area (Å²) < 4.78 is 5.23. The third-order valence-electron chi connectivity index (χ3n) is 3.06. The molecule has 2 rings (SSSR count). The van der Waals surface area contributed by atoms with Gasteiger partial charge in [0.25, 0.3) is 0 Å². The first kappa shape index (κ1) is 11.6. The lowest BCUT2D eigenvalue weighted by Gasteiger charge is -2.11. The Balaban J connectivity index is 2.33. The lowest BCUT2D eigenvalue weighted by atomic mass is 9.95. The van der Waals surface area contributed by atoms with Gasteiger partial charge in [-0.05, 0) is 23.6 Å². The summed E-state index contributed by atoms with van der Waals surface area (Å²) in [7, 11) is 1.62. The van der Waals surface area contributed by atoms with Gasteiger partial charge in [-0.2, -0.15) is 0 Å². The first-order valence-corrected chi connectivity index (χ1v) is 5.66. The highest BCUT2D eigenvalue weighted by Gasteiger charge is 2.31.